The van der Waals surface area contributed by atoms with Gasteiger partial charge in [-0.3, -0.25) is 4.99 Å². The number of nitrogens with one attached hydrogen (secondary N) is 2. The van der Waals surface area contributed by atoms with Crippen LogP contribution in [0.1, 0.15) is 12.5 Å². The lowest BCUT2D eigenvalue weighted by Crippen LogP contribution is -2.43. The fraction of sp³-hybridized carbons (Fsp3) is 0.375. The van der Waals surface area contributed by atoms with Crippen molar-refractivity contribution >= 4 is 29.9 Å². The van der Waals surface area contributed by atoms with Crippen molar-refractivity contribution in [3.05, 3.63) is 48.3 Å². The van der Waals surface area contributed by atoms with Gasteiger partial charge in [-0.1, -0.05) is 12.1 Å². The maximum atomic E-state index is 5.11. The number of methoxy groups -OCH3 is 1. The number of rotatable bonds is 6. The molecule has 0 saturated heterocycles. The molecule has 2 N–H and O–H groups in total. The largest absolute Gasteiger partial charge is 0.383 e. The molecule has 0 spiro atoms. The van der Waals surface area contributed by atoms with Gasteiger partial charge in [0.15, 0.2) is 5.96 Å². The zero-order chi connectivity index (χ0) is 15.8. The van der Waals surface area contributed by atoms with Crippen LogP contribution in [-0.4, -0.2) is 42.5 Å². The van der Waals surface area contributed by atoms with E-state index >= 15 is 0 Å². The van der Waals surface area contributed by atoms with Gasteiger partial charge in [-0.15, -0.1) is 24.0 Å². The van der Waals surface area contributed by atoms with Gasteiger partial charge in [0.05, 0.1) is 12.3 Å². The number of benzene rings is 1. The summed E-state index contributed by atoms with van der Waals surface area (Å²) in [4.78, 5) is 4.22. The highest BCUT2D eigenvalue weighted by Crippen LogP contribution is 2.09. The van der Waals surface area contributed by atoms with Gasteiger partial charge in [0.25, 0.3) is 0 Å². The van der Waals surface area contributed by atoms with Gasteiger partial charge in [0, 0.05) is 39.1 Å². The topological polar surface area (TPSA) is 63.5 Å². The van der Waals surface area contributed by atoms with E-state index in [0.717, 1.165) is 17.2 Å². The van der Waals surface area contributed by atoms with Crippen LogP contribution in [0.25, 0.3) is 5.69 Å². The molecule has 0 aliphatic heterocycles. The molecule has 0 aliphatic rings. The van der Waals surface area contributed by atoms with Crippen LogP contribution in [0.5, 0.6) is 0 Å². The van der Waals surface area contributed by atoms with Crippen molar-refractivity contribution in [3.63, 3.8) is 0 Å². The molecule has 126 valence electrons. The molecular formula is C16H24IN5O. The molecule has 1 atom stereocenters. The smallest absolute Gasteiger partial charge is 0.191 e. The molecular weight excluding hydrogens is 405 g/mol. The molecule has 0 amide bonds. The van der Waals surface area contributed by atoms with Crippen LogP contribution in [-0.2, 0) is 11.3 Å². The summed E-state index contributed by atoms with van der Waals surface area (Å²) in [7, 11) is 3.45. The van der Waals surface area contributed by atoms with E-state index in [9.17, 15) is 0 Å². The van der Waals surface area contributed by atoms with Crippen LogP contribution in [0.4, 0.5) is 0 Å². The molecule has 1 unspecified atom stereocenters. The summed E-state index contributed by atoms with van der Waals surface area (Å²) in [5.74, 6) is 0.758. The third-order valence-corrected chi connectivity index (χ3v) is 3.16. The highest BCUT2D eigenvalue weighted by molar-refractivity contribution is 14.0. The van der Waals surface area contributed by atoms with E-state index in [2.05, 4.69) is 39.8 Å². The second kappa shape index (κ2) is 10.2. The molecule has 0 saturated carbocycles. The van der Waals surface area contributed by atoms with Crippen molar-refractivity contribution in [3.8, 4) is 5.69 Å². The minimum absolute atomic E-state index is 0. The summed E-state index contributed by atoms with van der Waals surface area (Å²) in [5, 5.41) is 10.8. The summed E-state index contributed by atoms with van der Waals surface area (Å²) in [6, 6.07) is 10.3. The van der Waals surface area contributed by atoms with Gasteiger partial charge in [-0.2, -0.15) is 5.10 Å². The van der Waals surface area contributed by atoms with Crippen molar-refractivity contribution < 1.29 is 4.74 Å². The highest BCUT2D eigenvalue weighted by Gasteiger charge is 2.05. The van der Waals surface area contributed by atoms with E-state index in [1.807, 2.05) is 29.1 Å². The lowest BCUT2D eigenvalue weighted by Gasteiger charge is -2.17. The van der Waals surface area contributed by atoms with E-state index in [-0.39, 0.29) is 30.0 Å². The predicted molar refractivity (Wildman–Crippen MR) is 104 cm³/mol. The van der Waals surface area contributed by atoms with Crippen molar-refractivity contribution in [1.29, 1.82) is 0 Å². The lowest BCUT2D eigenvalue weighted by molar-refractivity contribution is 0.179. The van der Waals surface area contributed by atoms with Crippen molar-refractivity contribution in [2.45, 2.75) is 19.5 Å². The molecule has 23 heavy (non-hydrogen) atoms. The Hall–Kier alpha value is -1.61. The Morgan fingerprint density at radius 1 is 1.39 bits per heavy atom. The zero-order valence-electron chi connectivity index (χ0n) is 13.7. The number of hydrogen-bond acceptors (Lipinski definition) is 3. The Morgan fingerprint density at radius 2 is 2.22 bits per heavy atom. The molecule has 1 aromatic heterocycles. The average molecular weight is 429 g/mol. The van der Waals surface area contributed by atoms with Gasteiger partial charge in [-0.25, -0.2) is 4.68 Å². The van der Waals surface area contributed by atoms with Crippen LogP contribution < -0.4 is 10.6 Å². The first kappa shape index (κ1) is 19.4. The summed E-state index contributed by atoms with van der Waals surface area (Å²) in [6.07, 6.45) is 3.70. The first-order chi connectivity index (χ1) is 10.7. The maximum Gasteiger partial charge on any atom is 0.191 e. The van der Waals surface area contributed by atoms with Gasteiger partial charge >= 0.3 is 0 Å². The minimum atomic E-state index is 0. The quantitative estimate of drug-likeness (QED) is 0.420. The summed E-state index contributed by atoms with van der Waals surface area (Å²) in [6.45, 7) is 3.37. The molecule has 1 heterocycles. The lowest BCUT2D eigenvalue weighted by atomic mass is 10.2. The van der Waals surface area contributed by atoms with Crippen LogP contribution in [0.3, 0.4) is 0 Å². The van der Waals surface area contributed by atoms with E-state index in [1.54, 1.807) is 20.4 Å². The number of halogens is 1. The Labute approximate surface area is 154 Å². The fourth-order valence-electron chi connectivity index (χ4n) is 2.14. The van der Waals surface area contributed by atoms with Gasteiger partial charge in [0.1, 0.15) is 0 Å². The monoisotopic (exact) mass is 429 g/mol. The van der Waals surface area contributed by atoms with Crippen LogP contribution in [0.15, 0.2) is 47.7 Å². The van der Waals surface area contributed by atoms with Crippen molar-refractivity contribution in [2.75, 3.05) is 20.8 Å². The molecule has 6 nitrogen and oxygen atoms in total. The number of ether oxygens (including phenoxy) is 1. The van der Waals surface area contributed by atoms with Gasteiger partial charge in [-0.05, 0) is 30.7 Å². The highest BCUT2D eigenvalue weighted by atomic mass is 127. The van der Waals surface area contributed by atoms with Crippen LogP contribution >= 0.6 is 24.0 Å². The van der Waals surface area contributed by atoms with E-state index in [4.69, 9.17) is 4.74 Å². The number of aromatic nitrogens is 2. The third kappa shape index (κ3) is 6.19. The van der Waals surface area contributed by atoms with Crippen molar-refractivity contribution in [1.82, 2.24) is 20.4 Å². The van der Waals surface area contributed by atoms with Gasteiger partial charge < -0.3 is 15.4 Å². The maximum absolute atomic E-state index is 5.11. The standard InChI is InChI=1S/C16H23N5O.HI/c1-13(12-22-3)20-16(17-2)18-11-14-6-4-7-15(10-14)21-9-5-8-19-21;/h4-10,13H,11-12H2,1-3H3,(H2,17,18,20);1H. The van der Waals surface area contributed by atoms with Gasteiger partial charge in [0.2, 0.25) is 0 Å². The third-order valence-electron chi connectivity index (χ3n) is 3.16. The fourth-order valence-corrected chi connectivity index (χ4v) is 2.14. The molecule has 2 aromatic rings. The molecule has 2 rings (SSSR count). The number of guanidine groups is 1. The summed E-state index contributed by atoms with van der Waals surface area (Å²) in [5.41, 5.74) is 2.20. The number of hydrogen-bond donors (Lipinski definition) is 2. The summed E-state index contributed by atoms with van der Waals surface area (Å²) < 4.78 is 6.96. The number of aliphatic imine (C=N–C) groups is 1. The van der Waals surface area contributed by atoms with E-state index < -0.39 is 0 Å². The van der Waals surface area contributed by atoms with Crippen LogP contribution in [0, 0.1) is 0 Å². The Balaban J connectivity index is 0.00000264. The van der Waals surface area contributed by atoms with Crippen LogP contribution in [0.2, 0.25) is 0 Å². The first-order valence-electron chi connectivity index (χ1n) is 7.28. The predicted octanol–water partition coefficient (Wildman–Crippen LogP) is 2.19. The zero-order valence-corrected chi connectivity index (χ0v) is 16.0. The summed E-state index contributed by atoms with van der Waals surface area (Å²) >= 11 is 0. The molecule has 0 aliphatic carbocycles. The Bertz CT molecular complexity index is 600. The molecule has 7 heteroatoms. The molecule has 0 bridgehead atoms. The molecule has 0 fully saturated rings. The minimum Gasteiger partial charge on any atom is -0.383 e. The normalized spacial score (nSPS) is 12.4. The second-order valence-electron chi connectivity index (χ2n) is 5.05. The average Bonchev–Trinajstić information content (AvgIpc) is 3.06. The molecule has 1 aromatic carbocycles. The Morgan fingerprint density at radius 3 is 2.87 bits per heavy atom. The van der Waals surface area contributed by atoms with Crippen molar-refractivity contribution in [2.24, 2.45) is 4.99 Å². The Kier molecular flexibility index (Phi) is 8.64. The molecule has 0 radical (unpaired) electrons. The van der Waals surface area contributed by atoms with E-state index in [0.29, 0.717) is 13.2 Å². The number of nitrogens with zero attached hydrogens (tertiary/aromatic N) is 3. The first-order valence-corrected chi connectivity index (χ1v) is 7.28. The SMILES string of the molecule is CN=C(NCc1cccc(-n2cccn2)c1)NC(C)COC.I. The van der Waals surface area contributed by atoms with E-state index in [1.165, 1.54) is 0 Å². The second-order valence-corrected chi connectivity index (χ2v) is 5.05.